The van der Waals surface area contributed by atoms with Crippen LogP contribution in [0.5, 0.6) is 0 Å². The molecule has 1 amide bonds. The van der Waals surface area contributed by atoms with Gasteiger partial charge in [-0.15, -0.1) is 0 Å². The molecule has 5 heteroatoms. The standard InChI is InChI=1S/C17H17N3O2/c1-11(12-3-5-15-13(9-12)7-8-18-15)19-17(22)14-4-6-16(21)20(2)10-14/h3-11,18H,1-2H3,(H,19,22)/t11-/m0/s1. The minimum absolute atomic E-state index is 0.121. The number of rotatable bonds is 3. The van der Waals surface area contributed by atoms with E-state index in [1.165, 1.54) is 10.6 Å². The van der Waals surface area contributed by atoms with Crippen LogP contribution in [0.25, 0.3) is 10.9 Å². The van der Waals surface area contributed by atoms with Gasteiger partial charge in [0, 0.05) is 31.0 Å². The molecule has 0 saturated heterocycles. The van der Waals surface area contributed by atoms with Gasteiger partial charge in [0.2, 0.25) is 5.56 Å². The number of fused-ring (bicyclic) bond motifs is 1. The van der Waals surface area contributed by atoms with Crippen LogP contribution in [0.15, 0.2) is 53.6 Å². The molecule has 0 spiro atoms. The average molecular weight is 295 g/mol. The molecule has 0 aliphatic heterocycles. The third kappa shape index (κ3) is 2.65. The fraction of sp³-hybridized carbons (Fsp3) is 0.176. The lowest BCUT2D eigenvalue weighted by molar-refractivity contribution is 0.0939. The van der Waals surface area contributed by atoms with Crippen LogP contribution >= 0.6 is 0 Å². The molecule has 2 aromatic heterocycles. The van der Waals surface area contributed by atoms with E-state index in [4.69, 9.17) is 0 Å². The van der Waals surface area contributed by atoms with Gasteiger partial charge in [-0.1, -0.05) is 6.07 Å². The monoisotopic (exact) mass is 295 g/mol. The molecule has 0 unspecified atom stereocenters. The molecule has 3 rings (SSSR count). The van der Waals surface area contributed by atoms with Crippen LogP contribution in [0.2, 0.25) is 0 Å². The van der Waals surface area contributed by atoms with Gasteiger partial charge < -0.3 is 14.9 Å². The molecule has 1 atom stereocenters. The Balaban J connectivity index is 1.80. The zero-order chi connectivity index (χ0) is 15.7. The van der Waals surface area contributed by atoms with Crippen molar-refractivity contribution in [3.8, 4) is 0 Å². The maximum atomic E-state index is 12.3. The first kappa shape index (κ1) is 14.1. The topological polar surface area (TPSA) is 66.9 Å². The highest BCUT2D eigenvalue weighted by molar-refractivity contribution is 5.94. The Kier molecular flexibility index (Phi) is 3.55. The van der Waals surface area contributed by atoms with E-state index in [2.05, 4.69) is 16.4 Å². The minimum atomic E-state index is -0.197. The molecule has 0 radical (unpaired) electrons. The van der Waals surface area contributed by atoms with E-state index in [1.54, 1.807) is 19.3 Å². The lowest BCUT2D eigenvalue weighted by Crippen LogP contribution is -2.28. The molecule has 0 saturated carbocycles. The van der Waals surface area contributed by atoms with Crippen molar-refractivity contribution in [3.05, 3.63) is 70.3 Å². The fourth-order valence-electron chi connectivity index (χ4n) is 2.43. The molecule has 0 aliphatic rings. The van der Waals surface area contributed by atoms with Crippen molar-refractivity contribution in [2.24, 2.45) is 7.05 Å². The SMILES string of the molecule is C[C@H](NC(=O)c1ccc(=O)n(C)c1)c1ccc2[nH]ccc2c1. The number of nitrogens with one attached hydrogen (secondary N) is 2. The number of aromatic amines is 1. The van der Waals surface area contributed by atoms with Gasteiger partial charge in [-0.3, -0.25) is 9.59 Å². The second-order valence-electron chi connectivity index (χ2n) is 5.39. The molecule has 0 aliphatic carbocycles. The number of aryl methyl sites for hydroxylation is 1. The van der Waals surface area contributed by atoms with E-state index in [-0.39, 0.29) is 17.5 Å². The first-order valence-corrected chi connectivity index (χ1v) is 7.09. The third-order valence-corrected chi connectivity index (χ3v) is 3.77. The Morgan fingerprint density at radius 3 is 2.82 bits per heavy atom. The quantitative estimate of drug-likeness (QED) is 0.779. The van der Waals surface area contributed by atoms with Crippen molar-refractivity contribution in [2.75, 3.05) is 0 Å². The number of nitrogens with zero attached hydrogens (tertiary/aromatic N) is 1. The molecule has 22 heavy (non-hydrogen) atoms. The summed E-state index contributed by atoms with van der Waals surface area (Å²) < 4.78 is 1.39. The summed E-state index contributed by atoms with van der Waals surface area (Å²) in [5.74, 6) is -0.197. The number of H-pyrrole nitrogens is 1. The predicted octanol–water partition coefficient (Wildman–Crippen LogP) is 2.36. The highest BCUT2D eigenvalue weighted by Gasteiger charge is 2.12. The van der Waals surface area contributed by atoms with E-state index in [0.29, 0.717) is 5.56 Å². The van der Waals surface area contributed by atoms with Gasteiger partial charge >= 0.3 is 0 Å². The van der Waals surface area contributed by atoms with Crippen LogP contribution in [-0.2, 0) is 7.05 Å². The molecule has 0 bridgehead atoms. The lowest BCUT2D eigenvalue weighted by atomic mass is 10.1. The average Bonchev–Trinajstić information content (AvgIpc) is 2.97. The Labute approximate surface area is 127 Å². The summed E-state index contributed by atoms with van der Waals surface area (Å²) in [5, 5.41) is 4.06. The van der Waals surface area contributed by atoms with Crippen LogP contribution in [0, 0.1) is 0 Å². The summed E-state index contributed by atoms with van der Waals surface area (Å²) in [6.45, 7) is 1.94. The van der Waals surface area contributed by atoms with Gasteiger partial charge in [-0.2, -0.15) is 0 Å². The smallest absolute Gasteiger partial charge is 0.253 e. The zero-order valence-electron chi connectivity index (χ0n) is 12.5. The summed E-state index contributed by atoms with van der Waals surface area (Å²) in [7, 11) is 1.63. The van der Waals surface area contributed by atoms with Gasteiger partial charge in [0.05, 0.1) is 11.6 Å². The van der Waals surface area contributed by atoms with Crippen molar-refractivity contribution in [1.29, 1.82) is 0 Å². The summed E-state index contributed by atoms with van der Waals surface area (Å²) in [6.07, 6.45) is 3.43. The number of hydrogen-bond acceptors (Lipinski definition) is 2. The van der Waals surface area contributed by atoms with Crippen LogP contribution < -0.4 is 10.9 Å². The summed E-state index contributed by atoms with van der Waals surface area (Å²) in [5.41, 5.74) is 2.43. The Hall–Kier alpha value is -2.82. The summed E-state index contributed by atoms with van der Waals surface area (Å²) in [4.78, 5) is 26.8. The van der Waals surface area contributed by atoms with Crippen molar-refractivity contribution < 1.29 is 4.79 Å². The van der Waals surface area contributed by atoms with Gasteiger partial charge in [-0.05, 0) is 42.1 Å². The van der Waals surface area contributed by atoms with E-state index in [9.17, 15) is 9.59 Å². The van der Waals surface area contributed by atoms with Gasteiger partial charge in [0.15, 0.2) is 0 Å². The van der Waals surface area contributed by atoms with Crippen molar-refractivity contribution in [2.45, 2.75) is 13.0 Å². The molecule has 2 heterocycles. The molecule has 1 aromatic carbocycles. The van der Waals surface area contributed by atoms with E-state index in [1.807, 2.05) is 31.3 Å². The summed E-state index contributed by atoms with van der Waals surface area (Å²) in [6, 6.07) is 10.9. The Morgan fingerprint density at radius 1 is 1.23 bits per heavy atom. The lowest BCUT2D eigenvalue weighted by Gasteiger charge is -2.15. The maximum absolute atomic E-state index is 12.3. The van der Waals surface area contributed by atoms with Crippen LogP contribution in [-0.4, -0.2) is 15.5 Å². The second kappa shape index (κ2) is 5.52. The second-order valence-corrected chi connectivity index (χ2v) is 5.39. The Morgan fingerprint density at radius 2 is 2.05 bits per heavy atom. The molecule has 0 fully saturated rings. The largest absolute Gasteiger partial charge is 0.361 e. The molecular weight excluding hydrogens is 278 g/mol. The highest BCUT2D eigenvalue weighted by Crippen LogP contribution is 2.19. The molecule has 2 N–H and O–H groups in total. The number of benzene rings is 1. The van der Waals surface area contributed by atoms with Crippen LogP contribution in [0.4, 0.5) is 0 Å². The minimum Gasteiger partial charge on any atom is -0.361 e. The number of carbonyl (C=O) groups excluding carboxylic acids is 1. The van der Waals surface area contributed by atoms with Gasteiger partial charge in [-0.25, -0.2) is 0 Å². The van der Waals surface area contributed by atoms with Crippen molar-refractivity contribution in [3.63, 3.8) is 0 Å². The molecule has 112 valence electrons. The number of pyridine rings is 1. The third-order valence-electron chi connectivity index (χ3n) is 3.77. The van der Waals surface area contributed by atoms with Crippen LogP contribution in [0.3, 0.4) is 0 Å². The van der Waals surface area contributed by atoms with Gasteiger partial charge in [0.1, 0.15) is 0 Å². The molecular formula is C17H17N3O2. The normalized spacial score (nSPS) is 12.3. The van der Waals surface area contributed by atoms with E-state index >= 15 is 0 Å². The number of amides is 1. The Bertz CT molecular complexity index is 892. The number of carbonyl (C=O) groups is 1. The zero-order valence-corrected chi connectivity index (χ0v) is 12.5. The van der Waals surface area contributed by atoms with Gasteiger partial charge in [0.25, 0.3) is 5.91 Å². The number of aromatic nitrogens is 2. The highest BCUT2D eigenvalue weighted by atomic mass is 16.2. The first-order valence-electron chi connectivity index (χ1n) is 7.09. The maximum Gasteiger partial charge on any atom is 0.253 e. The molecule has 5 nitrogen and oxygen atoms in total. The fourth-order valence-corrected chi connectivity index (χ4v) is 2.43. The summed E-state index contributed by atoms with van der Waals surface area (Å²) >= 11 is 0. The first-order chi connectivity index (χ1) is 10.5. The number of hydrogen-bond donors (Lipinski definition) is 2. The molecule has 3 aromatic rings. The van der Waals surface area contributed by atoms with E-state index in [0.717, 1.165) is 16.5 Å². The van der Waals surface area contributed by atoms with E-state index < -0.39 is 0 Å². The predicted molar refractivity (Wildman–Crippen MR) is 85.9 cm³/mol. The van der Waals surface area contributed by atoms with Crippen molar-refractivity contribution >= 4 is 16.8 Å². The van der Waals surface area contributed by atoms with Crippen LogP contribution in [0.1, 0.15) is 28.9 Å². The van der Waals surface area contributed by atoms with Crippen molar-refractivity contribution in [1.82, 2.24) is 14.9 Å².